The molecule has 2 heterocycles. The van der Waals surface area contributed by atoms with Crippen LogP contribution in [-0.2, 0) is 4.74 Å². The summed E-state index contributed by atoms with van der Waals surface area (Å²) in [6.07, 6.45) is 3.90. The Balaban J connectivity index is 2.07. The van der Waals surface area contributed by atoms with E-state index in [0.29, 0.717) is 12.8 Å². The summed E-state index contributed by atoms with van der Waals surface area (Å²) in [6.45, 7) is 12.2. The zero-order chi connectivity index (χ0) is 16.1. The SMILES string of the molecule is CC(C)(C)CC1(O)CC2CCC(C1)N2C(=O)OC(C)(C)C. The molecule has 1 N–H and O–H groups in total. The maximum Gasteiger partial charge on any atom is 0.410 e. The molecule has 0 aliphatic carbocycles. The average Bonchev–Trinajstić information content (AvgIpc) is 2.46. The Morgan fingerprint density at radius 3 is 2.00 bits per heavy atom. The van der Waals surface area contributed by atoms with Crippen LogP contribution in [0.25, 0.3) is 0 Å². The van der Waals surface area contributed by atoms with Crippen LogP contribution >= 0.6 is 0 Å². The molecule has 4 nitrogen and oxygen atoms in total. The molecule has 122 valence electrons. The number of nitrogens with zero attached hydrogens (tertiary/aromatic N) is 1. The molecule has 2 bridgehead atoms. The van der Waals surface area contributed by atoms with Gasteiger partial charge in [0.15, 0.2) is 0 Å². The van der Waals surface area contributed by atoms with Crippen molar-refractivity contribution in [2.75, 3.05) is 0 Å². The van der Waals surface area contributed by atoms with E-state index in [1.165, 1.54) is 0 Å². The van der Waals surface area contributed by atoms with Crippen molar-refractivity contribution < 1.29 is 14.6 Å². The van der Waals surface area contributed by atoms with Crippen molar-refractivity contribution in [2.45, 2.75) is 96.9 Å². The molecule has 0 radical (unpaired) electrons. The van der Waals surface area contributed by atoms with Gasteiger partial charge in [-0.15, -0.1) is 0 Å². The molecule has 2 saturated heterocycles. The molecular weight excluding hydrogens is 266 g/mol. The van der Waals surface area contributed by atoms with Crippen molar-refractivity contribution in [3.05, 3.63) is 0 Å². The molecule has 0 aromatic rings. The van der Waals surface area contributed by atoms with Crippen LogP contribution in [0.3, 0.4) is 0 Å². The summed E-state index contributed by atoms with van der Waals surface area (Å²) >= 11 is 0. The van der Waals surface area contributed by atoms with E-state index in [2.05, 4.69) is 20.8 Å². The van der Waals surface area contributed by atoms with Gasteiger partial charge in [0.1, 0.15) is 5.60 Å². The molecule has 0 aromatic heterocycles. The van der Waals surface area contributed by atoms with E-state index in [4.69, 9.17) is 4.74 Å². The largest absolute Gasteiger partial charge is 0.444 e. The first-order valence-corrected chi connectivity index (χ1v) is 8.12. The normalized spacial score (nSPS) is 33.2. The Kier molecular flexibility index (Phi) is 4.07. The number of rotatable bonds is 1. The van der Waals surface area contributed by atoms with Crippen LogP contribution < -0.4 is 0 Å². The quantitative estimate of drug-likeness (QED) is 0.802. The molecule has 2 unspecified atom stereocenters. The van der Waals surface area contributed by atoms with Crippen LogP contribution in [0.1, 0.15) is 73.6 Å². The van der Waals surface area contributed by atoms with E-state index in [1.807, 2.05) is 25.7 Å². The lowest BCUT2D eigenvalue weighted by atomic mass is 9.75. The predicted octanol–water partition coefficient (Wildman–Crippen LogP) is 3.72. The first-order valence-electron chi connectivity index (χ1n) is 8.12. The minimum absolute atomic E-state index is 0.0995. The molecule has 2 fully saturated rings. The molecule has 2 aliphatic rings. The molecule has 21 heavy (non-hydrogen) atoms. The summed E-state index contributed by atoms with van der Waals surface area (Å²) in [7, 11) is 0. The summed E-state index contributed by atoms with van der Waals surface area (Å²) in [6, 6.07) is 0.261. The van der Waals surface area contributed by atoms with E-state index in [-0.39, 0.29) is 23.6 Å². The highest BCUT2D eigenvalue weighted by molar-refractivity contribution is 5.69. The van der Waals surface area contributed by atoms with Crippen LogP contribution in [0.15, 0.2) is 0 Å². The predicted molar refractivity (Wildman–Crippen MR) is 83.1 cm³/mol. The van der Waals surface area contributed by atoms with Gasteiger partial charge in [0.05, 0.1) is 5.60 Å². The van der Waals surface area contributed by atoms with Gasteiger partial charge < -0.3 is 14.7 Å². The number of amides is 1. The summed E-state index contributed by atoms with van der Waals surface area (Å²) < 4.78 is 5.53. The summed E-state index contributed by atoms with van der Waals surface area (Å²) in [4.78, 5) is 14.3. The molecule has 2 aliphatic heterocycles. The van der Waals surface area contributed by atoms with Gasteiger partial charge in [-0.1, -0.05) is 20.8 Å². The second kappa shape index (κ2) is 5.15. The van der Waals surface area contributed by atoms with Crippen LogP contribution in [0.2, 0.25) is 0 Å². The van der Waals surface area contributed by atoms with Gasteiger partial charge in [-0.25, -0.2) is 4.79 Å². The van der Waals surface area contributed by atoms with Gasteiger partial charge in [0.25, 0.3) is 0 Å². The smallest absolute Gasteiger partial charge is 0.410 e. The number of carbonyl (C=O) groups excluding carboxylic acids is 1. The number of fused-ring (bicyclic) bond motifs is 2. The first kappa shape index (κ1) is 16.6. The zero-order valence-electron chi connectivity index (χ0n) is 14.4. The highest BCUT2D eigenvalue weighted by atomic mass is 16.6. The standard InChI is InChI=1S/C17H31NO3/c1-15(2,3)11-17(20)9-12-7-8-13(10-17)18(12)14(19)21-16(4,5)6/h12-13,20H,7-11H2,1-6H3. The van der Waals surface area contributed by atoms with E-state index in [1.54, 1.807) is 0 Å². The Labute approximate surface area is 128 Å². The lowest BCUT2D eigenvalue weighted by Crippen LogP contribution is -2.55. The fourth-order valence-corrected chi connectivity index (χ4v) is 4.07. The molecule has 1 amide bonds. The van der Waals surface area contributed by atoms with Crippen molar-refractivity contribution >= 4 is 6.09 Å². The zero-order valence-corrected chi connectivity index (χ0v) is 14.4. The molecule has 2 atom stereocenters. The van der Waals surface area contributed by atoms with Crippen molar-refractivity contribution in [1.82, 2.24) is 4.90 Å². The van der Waals surface area contributed by atoms with Gasteiger partial charge in [0.2, 0.25) is 0 Å². The number of hydrogen-bond acceptors (Lipinski definition) is 3. The van der Waals surface area contributed by atoms with Gasteiger partial charge in [-0.3, -0.25) is 0 Å². The Bertz CT molecular complexity index is 391. The van der Waals surface area contributed by atoms with E-state index < -0.39 is 11.2 Å². The molecule has 0 spiro atoms. The van der Waals surface area contributed by atoms with Gasteiger partial charge in [-0.2, -0.15) is 0 Å². The average molecular weight is 297 g/mol. The fraction of sp³-hybridized carbons (Fsp3) is 0.941. The van der Waals surface area contributed by atoms with E-state index in [0.717, 1.165) is 19.3 Å². The van der Waals surface area contributed by atoms with Gasteiger partial charge >= 0.3 is 6.09 Å². The van der Waals surface area contributed by atoms with Gasteiger partial charge in [-0.05, 0) is 58.3 Å². The van der Waals surface area contributed by atoms with Crippen LogP contribution in [0, 0.1) is 5.41 Å². The van der Waals surface area contributed by atoms with Gasteiger partial charge in [0, 0.05) is 12.1 Å². The minimum Gasteiger partial charge on any atom is -0.444 e. The molecular formula is C17H31NO3. The second-order valence-electron chi connectivity index (χ2n) is 9.14. The third-order valence-electron chi connectivity index (χ3n) is 4.31. The fourth-order valence-electron chi connectivity index (χ4n) is 4.07. The van der Waals surface area contributed by atoms with Crippen LogP contribution in [-0.4, -0.2) is 39.4 Å². The van der Waals surface area contributed by atoms with E-state index >= 15 is 0 Å². The number of aliphatic hydroxyl groups is 1. The number of piperidine rings is 1. The Morgan fingerprint density at radius 1 is 1.14 bits per heavy atom. The highest BCUT2D eigenvalue weighted by Gasteiger charge is 2.51. The molecule has 0 aromatic carbocycles. The van der Waals surface area contributed by atoms with Crippen LogP contribution in [0.4, 0.5) is 4.79 Å². The Morgan fingerprint density at radius 2 is 1.62 bits per heavy atom. The highest BCUT2D eigenvalue weighted by Crippen LogP contribution is 2.45. The lowest BCUT2D eigenvalue weighted by Gasteiger charge is -2.46. The van der Waals surface area contributed by atoms with Crippen molar-refractivity contribution in [3.63, 3.8) is 0 Å². The maximum atomic E-state index is 12.4. The van der Waals surface area contributed by atoms with E-state index in [9.17, 15) is 9.90 Å². The third-order valence-corrected chi connectivity index (χ3v) is 4.31. The number of hydrogen-bond donors (Lipinski definition) is 1. The topological polar surface area (TPSA) is 49.8 Å². The monoisotopic (exact) mass is 297 g/mol. The maximum absolute atomic E-state index is 12.4. The summed E-state index contributed by atoms with van der Waals surface area (Å²) in [5.74, 6) is 0. The summed E-state index contributed by atoms with van der Waals surface area (Å²) in [5, 5.41) is 10.9. The number of carbonyl (C=O) groups is 1. The molecule has 0 saturated carbocycles. The van der Waals surface area contributed by atoms with Crippen molar-refractivity contribution in [1.29, 1.82) is 0 Å². The Hall–Kier alpha value is -0.770. The molecule has 4 heteroatoms. The second-order valence-corrected chi connectivity index (χ2v) is 9.14. The third kappa shape index (κ3) is 4.12. The van der Waals surface area contributed by atoms with Crippen molar-refractivity contribution in [3.8, 4) is 0 Å². The lowest BCUT2D eigenvalue weighted by molar-refractivity contribution is -0.0765. The van der Waals surface area contributed by atoms with Crippen LogP contribution in [0.5, 0.6) is 0 Å². The molecule has 2 rings (SSSR count). The minimum atomic E-state index is -0.636. The summed E-state index contributed by atoms with van der Waals surface area (Å²) in [5.41, 5.74) is -0.999. The number of ether oxygens (including phenoxy) is 1. The van der Waals surface area contributed by atoms with Crippen molar-refractivity contribution in [2.24, 2.45) is 5.41 Å². The first-order chi connectivity index (χ1) is 9.39.